The van der Waals surface area contributed by atoms with Crippen LogP contribution in [0.3, 0.4) is 0 Å². The molecule has 0 aliphatic carbocycles. The summed E-state index contributed by atoms with van der Waals surface area (Å²) in [5.74, 6) is 0.301. The van der Waals surface area contributed by atoms with Crippen molar-refractivity contribution in [2.75, 3.05) is 18.8 Å². The number of rotatable bonds is 3. The van der Waals surface area contributed by atoms with Crippen LogP contribution in [0.2, 0.25) is 0 Å². The first-order valence-electron chi connectivity index (χ1n) is 6.20. The lowest BCUT2D eigenvalue weighted by molar-refractivity contribution is 0.0948. The summed E-state index contributed by atoms with van der Waals surface area (Å²) in [6.45, 7) is 5.55. The molecule has 1 saturated heterocycles. The Morgan fingerprint density at radius 1 is 1.56 bits per heavy atom. The van der Waals surface area contributed by atoms with E-state index in [0.717, 1.165) is 12.1 Å². The number of benzene rings is 1. The van der Waals surface area contributed by atoms with Crippen molar-refractivity contribution in [3.63, 3.8) is 0 Å². The van der Waals surface area contributed by atoms with Crippen molar-refractivity contribution < 1.29 is 4.79 Å². The predicted octanol–water partition coefficient (Wildman–Crippen LogP) is 0.420. The van der Waals surface area contributed by atoms with Gasteiger partial charge in [0, 0.05) is 30.7 Å². The van der Waals surface area contributed by atoms with Crippen LogP contribution in [0.1, 0.15) is 22.8 Å². The fourth-order valence-corrected chi connectivity index (χ4v) is 2.08. The van der Waals surface area contributed by atoms with Crippen molar-refractivity contribution in [2.45, 2.75) is 19.9 Å². The zero-order valence-corrected chi connectivity index (χ0v) is 10.8. The van der Waals surface area contributed by atoms with Crippen LogP contribution < -0.4 is 21.9 Å². The highest BCUT2D eigenvalue weighted by atomic mass is 16.1. The lowest BCUT2D eigenvalue weighted by Crippen LogP contribution is -2.35. The van der Waals surface area contributed by atoms with Crippen molar-refractivity contribution >= 4 is 11.6 Å². The SMILES string of the molecule is Cc1ccc(N)c(C(=O)NCC2CNNC2C)c1. The number of hydrazine groups is 1. The van der Waals surface area contributed by atoms with Crippen LogP contribution in [0, 0.1) is 12.8 Å². The number of nitrogen functional groups attached to an aromatic ring is 1. The molecule has 1 aromatic carbocycles. The summed E-state index contributed by atoms with van der Waals surface area (Å²) >= 11 is 0. The second kappa shape index (κ2) is 5.37. The van der Waals surface area contributed by atoms with Crippen LogP contribution in [0.4, 0.5) is 5.69 Å². The smallest absolute Gasteiger partial charge is 0.253 e. The fourth-order valence-electron chi connectivity index (χ4n) is 2.08. The van der Waals surface area contributed by atoms with E-state index in [1.54, 1.807) is 6.07 Å². The molecule has 5 heteroatoms. The maximum absolute atomic E-state index is 12.0. The summed E-state index contributed by atoms with van der Waals surface area (Å²) in [6.07, 6.45) is 0. The number of amides is 1. The number of carbonyl (C=O) groups is 1. The number of nitrogens with one attached hydrogen (secondary N) is 3. The number of aryl methyl sites for hydroxylation is 1. The fraction of sp³-hybridized carbons (Fsp3) is 0.462. The minimum Gasteiger partial charge on any atom is -0.398 e. The highest BCUT2D eigenvalue weighted by Crippen LogP contribution is 2.14. The van der Waals surface area contributed by atoms with Gasteiger partial charge in [0.2, 0.25) is 0 Å². The third-order valence-corrected chi connectivity index (χ3v) is 3.38. The zero-order chi connectivity index (χ0) is 13.1. The van der Waals surface area contributed by atoms with E-state index >= 15 is 0 Å². The van der Waals surface area contributed by atoms with Gasteiger partial charge in [-0.25, -0.2) is 0 Å². The first-order valence-corrected chi connectivity index (χ1v) is 6.20. The molecule has 5 nitrogen and oxygen atoms in total. The Morgan fingerprint density at radius 3 is 3.00 bits per heavy atom. The minimum atomic E-state index is -0.102. The van der Waals surface area contributed by atoms with Crippen LogP contribution in [-0.4, -0.2) is 25.0 Å². The highest BCUT2D eigenvalue weighted by molar-refractivity contribution is 5.99. The molecule has 1 aromatic rings. The molecular formula is C13H20N4O. The molecule has 5 N–H and O–H groups in total. The summed E-state index contributed by atoms with van der Waals surface area (Å²) in [5.41, 5.74) is 14.1. The minimum absolute atomic E-state index is 0.102. The molecule has 0 radical (unpaired) electrons. The van der Waals surface area contributed by atoms with Gasteiger partial charge in [0.05, 0.1) is 5.56 Å². The predicted molar refractivity (Wildman–Crippen MR) is 72.0 cm³/mol. The van der Waals surface area contributed by atoms with Gasteiger partial charge in [-0.05, 0) is 26.0 Å². The average molecular weight is 248 g/mol. The maximum atomic E-state index is 12.0. The molecule has 18 heavy (non-hydrogen) atoms. The number of nitrogens with two attached hydrogens (primary N) is 1. The van der Waals surface area contributed by atoms with Crippen LogP contribution in [0.5, 0.6) is 0 Å². The summed E-state index contributed by atoms with van der Waals surface area (Å²) in [5, 5.41) is 2.94. The largest absolute Gasteiger partial charge is 0.398 e. The number of hydrogen-bond acceptors (Lipinski definition) is 4. The van der Waals surface area contributed by atoms with Crippen molar-refractivity contribution in [1.29, 1.82) is 0 Å². The second-order valence-electron chi connectivity index (χ2n) is 4.87. The van der Waals surface area contributed by atoms with Gasteiger partial charge in [0.25, 0.3) is 5.91 Å². The number of hydrogen-bond donors (Lipinski definition) is 4. The molecule has 1 heterocycles. The Hall–Kier alpha value is -1.59. The van der Waals surface area contributed by atoms with Gasteiger partial charge in [0.1, 0.15) is 0 Å². The van der Waals surface area contributed by atoms with Gasteiger partial charge in [-0.2, -0.15) is 0 Å². The average Bonchev–Trinajstić information content (AvgIpc) is 2.75. The van der Waals surface area contributed by atoms with E-state index in [2.05, 4.69) is 23.1 Å². The number of anilines is 1. The molecule has 0 aromatic heterocycles. The van der Waals surface area contributed by atoms with Gasteiger partial charge in [-0.1, -0.05) is 11.6 Å². The Labute approximate surface area is 107 Å². The van der Waals surface area contributed by atoms with E-state index in [-0.39, 0.29) is 5.91 Å². The highest BCUT2D eigenvalue weighted by Gasteiger charge is 2.23. The molecule has 0 spiro atoms. The monoisotopic (exact) mass is 248 g/mol. The van der Waals surface area contributed by atoms with E-state index < -0.39 is 0 Å². The van der Waals surface area contributed by atoms with Gasteiger partial charge < -0.3 is 11.1 Å². The Kier molecular flexibility index (Phi) is 3.84. The van der Waals surface area contributed by atoms with Gasteiger partial charge in [-0.15, -0.1) is 0 Å². The lowest BCUT2D eigenvalue weighted by atomic mass is 10.0. The summed E-state index contributed by atoms with van der Waals surface area (Å²) in [4.78, 5) is 12.0. The van der Waals surface area contributed by atoms with E-state index in [0.29, 0.717) is 29.8 Å². The van der Waals surface area contributed by atoms with E-state index in [9.17, 15) is 4.79 Å². The van der Waals surface area contributed by atoms with Crippen LogP contribution in [-0.2, 0) is 0 Å². The molecule has 1 amide bonds. The normalized spacial score (nSPS) is 23.0. The summed E-state index contributed by atoms with van der Waals surface area (Å²) in [7, 11) is 0. The third-order valence-electron chi connectivity index (χ3n) is 3.38. The van der Waals surface area contributed by atoms with E-state index in [4.69, 9.17) is 5.73 Å². The first kappa shape index (κ1) is 12.9. The molecule has 1 aliphatic rings. The molecule has 2 unspecified atom stereocenters. The second-order valence-corrected chi connectivity index (χ2v) is 4.87. The van der Waals surface area contributed by atoms with E-state index in [1.807, 2.05) is 19.1 Å². The van der Waals surface area contributed by atoms with Crippen molar-refractivity contribution in [3.8, 4) is 0 Å². The Morgan fingerprint density at radius 2 is 2.33 bits per heavy atom. The van der Waals surface area contributed by atoms with Crippen molar-refractivity contribution in [3.05, 3.63) is 29.3 Å². The standard InChI is InChI=1S/C13H20N4O/c1-8-3-4-12(14)11(5-8)13(18)15-6-10-7-16-17-9(10)2/h3-5,9-10,16-17H,6-7,14H2,1-2H3,(H,15,18). The molecule has 1 fully saturated rings. The molecule has 2 rings (SSSR count). The zero-order valence-electron chi connectivity index (χ0n) is 10.8. The molecule has 1 aliphatic heterocycles. The van der Waals surface area contributed by atoms with Crippen LogP contribution in [0.15, 0.2) is 18.2 Å². The quantitative estimate of drug-likeness (QED) is 0.585. The Bertz CT molecular complexity index is 447. The van der Waals surface area contributed by atoms with Gasteiger partial charge in [-0.3, -0.25) is 15.6 Å². The topological polar surface area (TPSA) is 79.2 Å². The van der Waals surface area contributed by atoms with Gasteiger partial charge >= 0.3 is 0 Å². The van der Waals surface area contributed by atoms with Gasteiger partial charge in [0.15, 0.2) is 0 Å². The lowest BCUT2D eigenvalue weighted by Gasteiger charge is -2.15. The van der Waals surface area contributed by atoms with Crippen molar-refractivity contribution in [1.82, 2.24) is 16.2 Å². The van der Waals surface area contributed by atoms with Crippen LogP contribution >= 0.6 is 0 Å². The molecule has 2 atom stereocenters. The van der Waals surface area contributed by atoms with Crippen LogP contribution in [0.25, 0.3) is 0 Å². The Balaban J connectivity index is 1.97. The molecular weight excluding hydrogens is 228 g/mol. The maximum Gasteiger partial charge on any atom is 0.253 e. The van der Waals surface area contributed by atoms with Crippen molar-refractivity contribution in [2.24, 2.45) is 5.92 Å². The molecule has 0 saturated carbocycles. The molecule has 0 bridgehead atoms. The first-order chi connectivity index (χ1) is 8.58. The summed E-state index contributed by atoms with van der Waals surface area (Å²) in [6, 6.07) is 5.85. The molecule has 98 valence electrons. The third kappa shape index (κ3) is 2.80. The number of carbonyl (C=O) groups excluding carboxylic acids is 1. The summed E-state index contributed by atoms with van der Waals surface area (Å²) < 4.78 is 0. The van der Waals surface area contributed by atoms with E-state index in [1.165, 1.54) is 0 Å².